The van der Waals surface area contributed by atoms with Crippen molar-refractivity contribution in [3.63, 3.8) is 0 Å². The van der Waals surface area contributed by atoms with Gasteiger partial charge in [0.05, 0.1) is 0 Å². The van der Waals surface area contributed by atoms with Crippen LogP contribution in [-0.2, 0) is 0 Å². The van der Waals surface area contributed by atoms with Gasteiger partial charge in [0.25, 0.3) is 0 Å². The van der Waals surface area contributed by atoms with Crippen LogP contribution in [0.1, 0.15) is 0 Å². The second kappa shape index (κ2) is 5.50. The van der Waals surface area contributed by atoms with Gasteiger partial charge in [0.2, 0.25) is 0 Å². The maximum atomic E-state index is 10.0. The number of rotatable bonds is 4. The van der Waals surface area contributed by atoms with E-state index in [0.717, 1.165) is 0 Å². The first-order chi connectivity index (χ1) is 8.16. The number of halogens is 1. The van der Waals surface area contributed by atoms with Gasteiger partial charge in [-0.15, -0.1) is 0 Å². The fourth-order valence-corrected chi connectivity index (χ4v) is 3.31. The Labute approximate surface area is 108 Å². The number of benzene rings is 2. The third kappa shape index (κ3) is 4.00. The van der Waals surface area contributed by atoms with Crippen LogP contribution >= 0.6 is 22.1 Å². The normalized spacial score (nSPS) is 11.9. The summed E-state index contributed by atoms with van der Waals surface area (Å²) in [5.74, 6) is 1.13. The zero-order valence-corrected chi connectivity index (χ0v) is 11.5. The molecular weight excluding hydrogens is 303 g/mol. The Balaban J connectivity index is 2.04. The molecule has 0 bridgehead atoms. The molecule has 0 atom stereocenters. The Morgan fingerprint density at radius 3 is 1.47 bits per heavy atom. The molecule has 0 fully saturated rings. The molecule has 5 heteroatoms. The summed E-state index contributed by atoms with van der Waals surface area (Å²) in [7, 11) is 0. The molecule has 0 spiro atoms. The van der Waals surface area contributed by atoms with Crippen LogP contribution in [0.5, 0.6) is 11.5 Å². The molecule has 0 radical (unpaired) electrons. The molecule has 2 aromatic rings. The average Bonchev–Trinajstić information content (AvgIpc) is 2.30. The van der Waals surface area contributed by atoms with Gasteiger partial charge in [-0.1, -0.05) is 0 Å². The van der Waals surface area contributed by atoms with Crippen molar-refractivity contribution in [1.82, 2.24) is 0 Å². The molecule has 1 N–H and O–H groups in total. The average molecular weight is 315 g/mol. The molecule has 0 aromatic heterocycles. The van der Waals surface area contributed by atoms with E-state index in [1.807, 2.05) is 36.4 Å². The van der Waals surface area contributed by atoms with Crippen LogP contribution in [-0.4, -0.2) is 4.89 Å². The van der Waals surface area contributed by atoms with Crippen molar-refractivity contribution in [3.8, 4) is 11.5 Å². The number of para-hydroxylation sites is 2. The molecule has 3 nitrogen and oxygen atoms in total. The summed E-state index contributed by atoms with van der Waals surface area (Å²) in [5.41, 5.74) is 0. The van der Waals surface area contributed by atoms with Crippen molar-refractivity contribution in [2.45, 2.75) is 0 Å². The van der Waals surface area contributed by atoms with E-state index < -0.39 is 6.65 Å². The fourth-order valence-electron chi connectivity index (χ4n) is 1.29. The molecule has 2 aromatic carbocycles. The summed E-state index contributed by atoms with van der Waals surface area (Å²) >= 11 is 3.11. The van der Waals surface area contributed by atoms with Gasteiger partial charge in [-0.05, 0) is 0 Å². The topological polar surface area (TPSA) is 38.7 Å². The standard InChI is InChI=1S/C12H12BrO3P/c13-17(14,15-11-7-3-1-4-8-11)16-12-9-5-2-6-10-12/h1-10,14,17H. The number of hydrogen-bond donors (Lipinski definition) is 1. The Morgan fingerprint density at radius 2 is 1.12 bits per heavy atom. The molecule has 90 valence electrons. The summed E-state index contributed by atoms with van der Waals surface area (Å²) < 4.78 is 10.8. The summed E-state index contributed by atoms with van der Waals surface area (Å²) in [4.78, 5) is 10.0. The number of hydrogen-bond acceptors (Lipinski definition) is 3. The van der Waals surface area contributed by atoms with E-state index in [0.29, 0.717) is 11.5 Å². The zero-order valence-electron chi connectivity index (χ0n) is 8.92. The maximum absolute atomic E-state index is 10.0. The zero-order chi connectivity index (χ0) is 12.1. The summed E-state index contributed by atoms with van der Waals surface area (Å²) in [5, 5.41) is 0. The molecule has 17 heavy (non-hydrogen) atoms. The Morgan fingerprint density at radius 1 is 0.765 bits per heavy atom. The second-order valence-corrected chi connectivity index (χ2v) is 7.76. The van der Waals surface area contributed by atoms with E-state index in [1.165, 1.54) is 0 Å². The van der Waals surface area contributed by atoms with E-state index >= 15 is 0 Å². The summed E-state index contributed by atoms with van der Waals surface area (Å²) in [6.07, 6.45) is 0. The first-order valence-corrected chi connectivity index (χ1v) is 9.07. The van der Waals surface area contributed by atoms with Crippen molar-refractivity contribution in [1.29, 1.82) is 0 Å². The van der Waals surface area contributed by atoms with Gasteiger partial charge in [-0.2, -0.15) is 0 Å². The molecule has 0 unspecified atom stereocenters. The molecule has 0 amide bonds. The van der Waals surface area contributed by atoms with Crippen molar-refractivity contribution in [3.05, 3.63) is 60.7 Å². The van der Waals surface area contributed by atoms with Crippen molar-refractivity contribution in [2.75, 3.05) is 0 Å². The van der Waals surface area contributed by atoms with Gasteiger partial charge >= 0.3 is 108 Å². The van der Waals surface area contributed by atoms with Crippen LogP contribution in [0.25, 0.3) is 0 Å². The SMILES string of the molecule is O[PH](Br)(Oc1ccccc1)Oc1ccccc1. The van der Waals surface area contributed by atoms with Crippen molar-refractivity contribution in [2.24, 2.45) is 0 Å². The van der Waals surface area contributed by atoms with E-state index in [2.05, 4.69) is 15.5 Å². The Hall–Kier alpha value is -1.09. The molecule has 0 heterocycles. The molecular formula is C12H12BrO3P. The van der Waals surface area contributed by atoms with Gasteiger partial charge in [-0.3, -0.25) is 0 Å². The molecule has 2 rings (SSSR count). The van der Waals surface area contributed by atoms with E-state index in [4.69, 9.17) is 9.05 Å². The molecule has 0 saturated carbocycles. The molecule has 0 aliphatic carbocycles. The minimum absolute atomic E-state index is 0.564. The quantitative estimate of drug-likeness (QED) is 0.869. The van der Waals surface area contributed by atoms with Crippen molar-refractivity contribution < 1.29 is 13.9 Å². The van der Waals surface area contributed by atoms with Gasteiger partial charge in [0, 0.05) is 0 Å². The van der Waals surface area contributed by atoms with Crippen LogP contribution < -0.4 is 9.05 Å². The third-order valence-corrected chi connectivity index (χ3v) is 3.92. The van der Waals surface area contributed by atoms with Gasteiger partial charge < -0.3 is 0 Å². The first kappa shape index (κ1) is 12.4. The first-order valence-electron chi connectivity index (χ1n) is 5.05. The monoisotopic (exact) mass is 314 g/mol. The molecule has 0 aliphatic rings. The predicted molar refractivity (Wildman–Crippen MR) is 73.6 cm³/mol. The summed E-state index contributed by atoms with van der Waals surface area (Å²) in [6, 6.07) is 18.1. The van der Waals surface area contributed by atoms with Crippen LogP contribution in [0.2, 0.25) is 0 Å². The van der Waals surface area contributed by atoms with Crippen LogP contribution in [0.15, 0.2) is 60.7 Å². The van der Waals surface area contributed by atoms with Gasteiger partial charge in [-0.25, -0.2) is 0 Å². The van der Waals surface area contributed by atoms with E-state index in [1.54, 1.807) is 24.3 Å². The van der Waals surface area contributed by atoms with E-state index in [9.17, 15) is 4.89 Å². The Bertz CT molecular complexity index is 418. The van der Waals surface area contributed by atoms with Gasteiger partial charge in [0.15, 0.2) is 0 Å². The van der Waals surface area contributed by atoms with Crippen LogP contribution in [0, 0.1) is 0 Å². The van der Waals surface area contributed by atoms with Crippen LogP contribution in [0.4, 0.5) is 0 Å². The second-order valence-electron chi connectivity index (χ2n) is 3.33. The van der Waals surface area contributed by atoms with Crippen molar-refractivity contribution >= 4 is 22.1 Å². The minimum atomic E-state index is -3.37. The predicted octanol–water partition coefficient (Wildman–Crippen LogP) is 3.94. The molecule has 0 saturated heterocycles. The summed E-state index contributed by atoms with van der Waals surface area (Å²) in [6.45, 7) is -3.37. The van der Waals surface area contributed by atoms with Gasteiger partial charge in [0.1, 0.15) is 0 Å². The van der Waals surface area contributed by atoms with E-state index in [-0.39, 0.29) is 0 Å². The Kier molecular flexibility index (Phi) is 4.00. The fraction of sp³-hybridized carbons (Fsp3) is 0. The van der Waals surface area contributed by atoms with Crippen LogP contribution in [0.3, 0.4) is 0 Å². The third-order valence-electron chi connectivity index (χ3n) is 1.97. The molecule has 0 aliphatic heterocycles.